The van der Waals surface area contributed by atoms with Crippen molar-refractivity contribution in [3.05, 3.63) is 34.9 Å². The first-order valence-corrected chi connectivity index (χ1v) is 9.68. The summed E-state index contributed by atoms with van der Waals surface area (Å²) in [5, 5.41) is 0.722. The van der Waals surface area contributed by atoms with E-state index in [9.17, 15) is 4.79 Å². The topological polar surface area (TPSA) is 32.8 Å². The molecule has 1 aliphatic carbocycles. The molecule has 1 amide bonds. The van der Waals surface area contributed by atoms with E-state index in [0.717, 1.165) is 49.7 Å². The van der Waals surface area contributed by atoms with Crippen molar-refractivity contribution in [2.45, 2.75) is 44.7 Å². The zero-order valence-electron chi connectivity index (χ0n) is 15.5. The Morgan fingerprint density at radius 1 is 1.20 bits per heavy atom. The second-order valence-corrected chi connectivity index (χ2v) is 7.97. The molecule has 0 N–H and O–H groups in total. The van der Waals surface area contributed by atoms with Gasteiger partial charge in [-0.3, -0.25) is 9.69 Å². The number of hydrogen-bond acceptors (Lipinski definition) is 3. The highest BCUT2D eigenvalue weighted by Crippen LogP contribution is 2.44. The van der Waals surface area contributed by atoms with Gasteiger partial charge >= 0.3 is 0 Å². The molecule has 138 valence electrons. The number of ether oxygens (including phenoxy) is 1. The fourth-order valence-corrected chi connectivity index (χ4v) is 4.21. The summed E-state index contributed by atoms with van der Waals surface area (Å²) in [6.07, 6.45) is 2.30. The average molecular weight is 365 g/mol. The molecule has 25 heavy (non-hydrogen) atoms. The summed E-state index contributed by atoms with van der Waals surface area (Å²) in [6.45, 7) is 7.66. The number of carbonyl (C=O) groups is 1. The standard InChI is InChI=1S/C20H29ClN2O2/c1-14-12-22(13-15(2)23(14)10-11-25-3)20(24)19(16-4-5-16)17-6-8-18(21)9-7-17/h6-9,14-16,19H,4-5,10-13H2,1-3H3. The maximum Gasteiger partial charge on any atom is 0.230 e. The smallest absolute Gasteiger partial charge is 0.230 e. The van der Waals surface area contributed by atoms with Crippen LogP contribution in [0.1, 0.15) is 38.2 Å². The lowest BCUT2D eigenvalue weighted by atomic mass is 9.91. The first kappa shape index (κ1) is 18.7. The minimum absolute atomic E-state index is 0.0119. The number of halogens is 1. The van der Waals surface area contributed by atoms with Crippen LogP contribution in [-0.2, 0) is 9.53 Å². The van der Waals surface area contributed by atoms with Crippen LogP contribution in [0.4, 0.5) is 0 Å². The van der Waals surface area contributed by atoms with E-state index in [0.29, 0.717) is 18.0 Å². The largest absolute Gasteiger partial charge is 0.383 e. The number of hydrogen-bond donors (Lipinski definition) is 0. The van der Waals surface area contributed by atoms with Crippen LogP contribution in [0.3, 0.4) is 0 Å². The van der Waals surface area contributed by atoms with Crippen molar-refractivity contribution in [2.24, 2.45) is 5.92 Å². The van der Waals surface area contributed by atoms with Crippen LogP contribution in [0.5, 0.6) is 0 Å². The number of benzene rings is 1. The highest BCUT2D eigenvalue weighted by atomic mass is 35.5. The predicted octanol–water partition coefficient (Wildman–Crippen LogP) is 3.40. The third-order valence-electron chi connectivity index (χ3n) is 5.56. The Kier molecular flexibility index (Phi) is 6.03. The Morgan fingerprint density at radius 3 is 2.32 bits per heavy atom. The van der Waals surface area contributed by atoms with Gasteiger partial charge in [-0.1, -0.05) is 23.7 Å². The first-order valence-electron chi connectivity index (χ1n) is 9.30. The van der Waals surface area contributed by atoms with Gasteiger partial charge in [-0.15, -0.1) is 0 Å². The van der Waals surface area contributed by atoms with E-state index in [1.807, 2.05) is 24.3 Å². The van der Waals surface area contributed by atoms with Crippen LogP contribution in [-0.4, -0.2) is 61.1 Å². The lowest BCUT2D eigenvalue weighted by molar-refractivity contribution is -0.138. The van der Waals surface area contributed by atoms with Gasteiger partial charge in [-0.05, 0) is 50.3 Å². The van der Waals surface area contributed by atoms with Crippen LogP contribution in [0.15, 0.2) is 24.3 Å². The summed E-state index contributed by atoms with van der Waals surface area (Å²) < 4.78 is 5.23. The van der Waals surface area contributed by atoms with Crippen molar-refractivity contribution in [1.29, 1.82) is 0 Å². The SMILES string of the molecule is COCCN1C(C)CN(C(=O)C(c2ccc(Cl)cc2)C2CC2)CC1C. The van der Waals surface area contributed by atoms with E-state index in [2.05, 4.69) is 23.6 Å². The highest BCUT2D eigenvalue weighted by molar-refractivity contribution is 6.30. The van der Waals surface area contributed by atoms with Gasteiger partial charge in [0.25, 0.3) is 0 Å². The molecular weight excluding hydrogens is 336 g/mol. The molecule has 0 radical (unpaired) electrons. The van der Waals surface area contributed by atoms with Gasteiger partial charge in [0.15, 0.2) is 0 Å². The second-order valence-electron chi connectivity index (χ2n) is 7.54. The minimum Gasteiger partial charge on any atom is -0.383 e. The maximum atomic E-state index is 13.3. The molecule has 1 saturated heterocycles. The quantitative estimate of drug-likeness (QED) is 0.775. The molecule has 2 fully saturated rings. The zero-order chi connectivity index (χ0) is 18.0. The Labute approximate surface area is 156 Å². The van der Waals surface area contributed by atoms with Crippen molar-refractivity contribution in [2.75, 3.05) is 33.4 Å². The van der Waals surface area contributed by atoms with E-state index >= 15 is 0 Å². The molecule has 3 unspecified atom stereocenters. The monoisotopic (exact) mass is 364 g/mol. The minimum atomic E-state index is -0.0119. The molecule has 1 aliphatic heterocycles. The van der Waals surface area contributed by atoms with E-state index in [4.69, 9.17) is 16.3 Å². The van der Waals surface area contributed by atoms with E-state index in [1.54, 1.807) is 7.11 Å². The summed E-state index contributed by atoms with van der Waals surface area (Å²) in [5.74, 6) is 0.767. The number of carbonyl (C=O) groups excluding carboxylic acids is 1. The van der Waals surface area contributed by atoms with Crippen molar-refractivity contribution in [1.82, 2.24) is 9.80 Å². The van der Waals surface area contributed by atoms with Crippen LogP contribution < -0.4 is 0 Å². The number of piperazine rings is 1. The summed E-state index contributed by atoms with van der Waals surface area (Å²) >= 11 is 6.02. The molecule has 1 saturated carbocycles. The van der Waals surface area contributed by atoms with Crippen molar-refractivity contribution < 1.29 is 9.53 Å². The van der Waals surface area contributed by atoms with E-state index < -0.39 is 0 Å². The third-order valence-corrected chi connectivity index (χ3v) is 5.81. The Hall–Kier alpha value is -1.10. The van der Waals surface area contributed by atoms with Gasteiger partial charge in [0.1, 0.15) is 0 Å². The zero-order valence-corrected chi connectivity index (χ0v) is 16.2. The average Bonchev–Trinajstić information content (AvgIpc) is 3.41. The number of rotatable bonds is 6. The molecule has 0 bridgehead atoms. The third kappa shape index (κ3) is 4.36. The van der Waals surface area contributed by atoms with Gasteiger partial charge in [-0.2, -0.15) is 0 Å². The highest BCUT2D eigenvalue weighted by Gasteiger charge is 2.41. The normalized spacial score (nSPS) is 25.8. The summed E-state index contributed by atoms with van der Waals surface area (Å²) in [6, 6.07) is 8.54. The fraction of sp³-hybridized carbons (Fsp3) is 0.650. The lowest BCUT2D eigenvalue weighted by Gasteiger charge is -2.45. The van der Waals surface area contributed by atoms with Gasteiger partial charge in [0, 0.05) is 43.9 Å². The predicted molar refractivity (Wildman–Crippen MR) is 101 cm³/mol. The van der Waals surface area contributed by atoms with Crippen LogP contribution in [0.2, 0.25) is 5.02 Å². The number of methoxy groups -OCH3 is 1. The summed E-state index contributed by atoms with van der Waals surface area (Å²) in [5.41, 5.74) is 1.11. The summed E-state index contributed by atoms with van der Waals surface area (Å²) in [4.78, 5) is 17.9. The van der Waals surface area contributed by atoms with Crippen molar-refractivity contribution in [3.63, 3.8) is 0 Å². The van der Waals surface area contributed by atoms with Crippen LogP contribution >= 0.6 is 11.6 Å². The van der Waals surface area contributed by atoms with Crippen molar-refractivity contribution in [3.8, 4) is 0 Å². The van der Waals surface area contributed by atoms with Gasteiger partial charge in [0.2, 0.25) is 5.91 Å². The molecule has 1 aromatic rings. The Bertz CT molecular complexity index is 576. The summed E-state index contributed by atoms with van der Waals surface area (Å²) in [7, 11) is 1.74. The number of nitrogens with zero attached hydrogens (tertiary/aromatic N) is 2. The molecule has 4 nitrogen and oxygen atoms in total. The van der Waals surface area contributed by atoms with E-state index in [1.165, 1.54) is 0 Å². The van der Waals surface area contributed by atoms with Crippen molar-refractivity contribution >= 4 is 17.5 Å². The molecular formula is C20H29ClN2O2. The molecule has 2 aliphatic rings. The molecule has 5 heteroatoms. The maximum absolute atomic E-state index is 13.3. The Morgan fingerprint density at radius 2 is 1.80 bits per heavy atom. The molecule has 3 rings (SSSR count). The molecule has 0 aromatic heterocycles. The van der Waals surface area contributed by atoms with Gasteiger partial charge in [-0.25, -0.2) is 0 Å². The van der Waals surface area contributed by atoms with Crippen LogP contribution in [0, 0.1) is 5.92 Å². The second kappa shape index (κ2) is 8.07. The van der Waals surface area contributed by atoms with E-state index in [-0.39, 0.29) is 11.8 Å². The fourth-order valence-electron chi connectivity index (χ4n) is 4.09. The molecule has 1 aromatic carbocycles. The lowest BCUT2D eigenvalue weighted by Crippen LogP contribution is -2.59. The molecule has 1 heterocycles. The van der Waals surface area contributed by atoms with Gasteiger partial charge < -0.3 is 9.64 Å². The van der Waals surface area contributed by atoms with Gasteiger partial charge in [0.05, 0.1) is 12.5 Å². The Balaban J connectivity index is 1.72. The molecule has 3 atom stereocenters. The number of amides is 1. The van der Waals surface area contributed by atoms with Crippen LogP contribution in [0.25, 0.3) is 0 Å². The first-order chi connectivity index (χ1) is 12.0. The molecule has 0 spiro atoms.